The number of amides is 1. The number of carbonyl (C=O) groups is 1. The van der Waals surface area contributed by atoms with E-state index in [0.29, 0.717) is 25.4 Å². The number of nitrogens with zero attached hydrogens (tertiary/aromatic N) is 2. The first-order valence-corrected chi connectivity index (χ1v) is 12.4. The van der Waals surface area contributed by atoms with E-state index >= 15 is 0 Å². The quantitative estimate of drug-likeness (QED) is 0.544. The zero-order valence-corrected chi connectivity index (χ0v) is 20.1. The molecule has 2 aromatic rings. The molecule has 35 heavy (non-hydrogen) atoms. The van der Waals surface area contributed by atoms with Crippen molar-refractivity contribution >= 4 is 21.6 Å². The predicted octanol–water partition coefficient (Wildman–Crippen LogP) is 3.27. The number of hydrogen-bond donors (Lipinski definition) is 1. The van der Waals surface area contributed by atoms with E-state index in [4.69, 9.17) is 4.74 Å². The summed E-state index contributed by atoms with van der Waals surface area (Å²) in [6.07, 6.45) is -4.85. The minimum absolute atomic E-state index is 0.0957. The van der Waals surface area contributed by atoms with Crippen molar-refractivity contribution in [2.24, 2.45) is 0 Å². The molecule has 0 aliphatic carbocycles. The molecule has 0 aromatic heterocycles. The van der Waals surface area contributed by atoms with Crippen molar-refractivity contribution in [3.63, 3.8) is 0 Å². The van der Waals surface area contributed by atoms with Gasteiger partial charge in [0.05, 0.1) is 29.7 Å². The first-order valence-electron chi connectivity index (χ1n) is 11.0. The molecule has 7 nitrogen and oxygen atoms in total. The van der Waals surface area contributed by atoms with E-state index in [1.54, 1.807) is 13.8 Å². The molecule has 192 valence electrons. The SMILES string of the molecule is CC(C)N(CC(=O)NCC1CN(c2ccc(C(F)(F)F)cc2)CCO1)S(=O)(=O)c1ccc(F)cc1. The summed E-state index contributed by atoms with van der Waals surface area (Å²) in [5.41, 5.74) is -0.127. The monoisotopic (exact) mass is 517 g/mol. The van der Waals surface area contributed by atoms with Crippen molar-refractivity contribution in [2.45, 2.75) is 37.1 Å². The number of alkyl halides is 3. The minimum atomic E-state index is -4.41. The van der Waals surface area contributed by atoms with Gasteiger partial charge in [-0.15, -0.1) is 0 Å². The van der Waals surface area contributed by atoms with Crippen LogP contribution in [-0.2, 0) is 25.7 Å². The molecule has 1 unspecified atom stereocenters. The predicted molar refractivity (Wildman–Crippen MR) is 122 cm³/mol. The number of carbonyl (C=O) groups excluding carboxylic acids is 1. The van der Waals surface area contributed by atoms with Gasteiger partial charge in [-0.05, 0) is 62.4 Å². The fraction of sp³-hybridized carbons (Fsp3) is 0.435. The lowest BCUT2D eigenvalue weighted by atomic mass is 10.1. The van der Waals surface area contributed by atoms with Crippen LogP contribution in [0.3, 0.4) is 0 Å². The molecule has 3 rings (SSSR count). The van der Waals surface area contributed by atoms with Gasteiger partial charge in [0.25, 0.3) is 0 Å². The fourth-order valence-corrected chi connectivity index (χ4v) is 5.24. The van der Waals surface area contributed by atoms with Gasteiger partial charge in [-0.3, -0.25) is 4.79 Å². The molecule has 1 saturated heterocycles. The normalized spacial score (nSPS) is 17.1. The molecule has 1 atom stereocenters. The van der Waals surface area contributed by atoms with Crippen molar-refractivity contribution in [2.75, 3.05) is 37.7 Å². The van der Waals surface area contributed by atoms with Crippen LogP contribution in [0.25, 0.3) is 0 Å². The van der Waals surface area contributed by atoms with Crippen LogP contribution in [-0.4, -0.2) is 63.6 Å². The van der Waals surface area contributed by atoms with E-state index in [0.717, 1.165) is 40.7 Å². The van der Waals surface area contributed by atoms with Crippen molar-refractivity contribution in [3.05, 3.63) is 59.9 Å². The Kier molecular flexibility index (Phi) is 8.39. The first kappa shape index (κ1) is 26.9. The summed E-state index contributed by atoms with van der Waals surface area (Å²) in [5.74, 6) is -1.12. The number of ether oxygens (including phenoxy) is 1. The highest BCUT2D eigenvalue weighted by Gasteiger charge is 2.31. The largest absolute Gasteiger partial charge is 0.416 e. The number of halogens is 4. The maximum atomic E-state index is 13.2. The van der Waals surface area contributed by atoms with Gasteiger partial charge in [-0.25, -0.2) is 12.8 Å². The Bertz CT molecular complexity index is 1110. The van der Waals surface area contributed by atoms with E-state index < -0.39 is 52.2 Å². The summed E-state index contributed by atoms with van der Waals surface area (Å²) in [6, 6.07) is 8.65. The zero-order valence-electron chi connectivity index (χ0n) is 19.3. The average Bonchev–Trinajstić information content (AvgIpc) is 2.81. The molecule has 1 N–H and O–H groups in total. The maximum Gasteiger partial charge on any atom is 0.416 e. The van der Waals surface area contributed by atoms with Crippen LogP contribution in [0.4, 0.5) is 23.2 Å². The third kappa shape index (κ3) is 6.92. The van der Waals surface area contributed by atoms with Crippen LogP contribution in [0, 0.1) is 5.82 Å². The number of morpholine rings is 1. The van der Waals surface area contributed by atoms with Crippen molar-refractivity contribution < 1.29 is 35.5 Å². The van der Waals surface area contributed by atoms with E-state index in [1.165, 1.54) is 12.1 Å². The number of benzene rings is 2. The Balaban J connectivity index is 1.58. The third-order valence-electron chi connectivity index (χ3n) is 5.52. The summed E-state index contributed by atoms with van der Waals surface area (Å²) in [6.45, 7) is 4.05. The molecule has 1 aliphatic rings. The number of rotatable bonds is 8. The Morgan fingerprint density at radius 2 is 1.77 bits per heavy atom. The van der Waals surface area contributed by atoms with E-state index in [9.17, 15) is 30.8 Å². The molecule has 1 aliphatic heterocycles. The molecular weight excluding hydrogens is 490 g/mol. The molecule has 2 aromatic carbocycles. The summed E-state index contributed by atoms with van der Waals surface area (Å²) < 4.78 is 84.1. The second-order valence-corrected chi connectivity index (χ2v) is 10.3. The van der Waals surface area contributed by atoms with Crippen LogP contribution in [0.1, 0.15) is 19.4 Å². The van der Waals surface area contributed by atoms with Crippen molar-refractivity contribution in [3.8, 4) is 0 Å². The van der Waals surface area contributed by atoms with Gasteiger partial charge in [-0.1, -0.05) is 0 Å². The van der Waals surface area contributed by atoms with E-state index in [2.05, 4.69) is 5.32 Å². The Morgan fingerprint density at radius 1 is 1.14 bits per heavy atom. The van der Waals surface area contributed by atoms with E-state index in [1.807, 2.05) is 4.90 Å². The van der Waals surface area contributed by atoms with Gasteiger partial charge < -0.3 is 15.0 Å². The molecule has 0 bridgehead atoms. The lowest BCUT2D eigenvalue weighted by molar-refractivity contribution is -0.137. The first-order chi connectivity index (χ1) is 16.4. The maximum absolute atomic E-state index is 13.2. The standard InChI is InChI=1S/C23H27F4N3O4S/c1-16(2)30(35(32,33)21-9-5-18(24)6-10-21)15-22(31)28-13-20-14-29(11-12-34-20)19-7-3-17(4-8-19)23(25,26)27/h3-10,16,20H,11-15H2,1-2H3,(H,28,31). The molecule has 1 heterocycles. The number of anilines is 1. The van der Waals surface area contributed by atoms with Gasteiger partial charge in [0.2, 0.25) is 15.9 Å². The van der Waals surface area contributed by atoms with Gasteiger partial charge in [-0.2, -0.15) is 17.5 Å². The summed E-state index contributed by atoms with van der Waals surface area (Å²) in [7, 11) is -4.03. The molecule has 0 radical (unpaired) electrons. The zero-order chi connectivity index (χ0) is 25.8. The van der Waals surface area contributed by atoms with Crippen LogP contribution in [0.2, 0.25) is 0 Å². The molecule has 12 heteroatoms. The molecular formula is C23H27F4N3O4S. The van der Waals surface area contributed by atoms with Crippen LogP contribution >= 0.6 is 0 Å². The Hall–Kier alpha value is -2.70. The van der Waals surface area contributed by atoms with Crippen molar-refractivity contribution in [1.82, 2.24) is 9.62 Å². The Labute approximate surface area is 201 Å². The smallest absolute Gasteiger partial charge is 0.373 e. The van der Waals surface area contributed by atoms with Gasteiger partial charge in [0, 0.05) is 31.4 Å². The molecule has 0 saturated carbocycles. The second-order valence-electron chi connectivity index (χ2n) is 8.39. The summed E-state index contributed by atoms with van der Waals surface area (Å²) >= 11 is 0. The Morgan fingerprint density at radius 3 is 2.34 bits per heavy atom. The fourth-order valence-electron chi connectivity index (χ4n) is 3.65. The lowest BCUT2D eigenvalue weighted by Crippen LogP contribution is -2.50. The van der Waals surface area contributed by atoms with E-state index in [-0.39, 0.29) is 11.4 Å². The lowest BCUT2D eigenvalue weighted by Gasteiger charge is -2.35. The summed E-state index contributed by atoms with van der Waals surface area (Å²) in [4.78, 5) is 14.3. The van der Waals surface area contributed by atoms with Gasteiger partial charge >= 0.3 is 6.18 Å². The van der Waals surface area contributed by atoms with Crippen LogP contribution in [0.15, 0.2) is 53.4 Å². The van der Waals surface area contributed by atoms with Gasteiger partial charge in [0.15, 0.2) is 0 Å². The highest BCUT2D eigenvalue weighted by atomic mass is 32.2. The van der Waals surface area contributed by atoms with Crippen LogP contribution in [0.5, 0.6) is 0 Å². The highest BCUT2D eigenvalue weighted by molar-refractivity contribution is 7.89. The summed E-state index contributed by atoms with van der Waals surface area (Å²) in [5, 5.41) is 2.67. The number of nitrogens with one attached hydrogen (secondary N) is 1. The van der Waals surface area contributed by atoms with Crippen molar-refractivity contribution in [1.29, 1.82) is 0 Å². The third-order valence-corrected chi connectivity index (χ3v) is 7.56. The average molecular weight is 518 g/mol. The minimum Gasteiger partial charge on any atom is -0.373 e. The number of hydrogen-bond acceptors (Lipinski definition) is 5. The van der Waals surface area contributed by atoms with Crippen LogP contribution < -0.4 is 10.2 Å². The molecule has 0 spiro atoms. The molecule has 1 amide bonds. The highest BCUT2D eigenvalue weighted by Crippen LogP contribution is 2.30. The number of sulfonamides is 1. The van der Waals surface area contributed by atoms with Gasteiger partial charge in [0.1, 0.15) is 5.82 Å². The topological polar surface area (TPSA) is 79.0 Å². The second kappa shape index (κ2) is 10.9. The molecule has 1 fully saturated rings.